The lowest BCUT2D eigenvalue weighted by Crippen LogP contribution is -2.12. The van der Waals surface area contributed by atoms with E-state index in [0.717, 1.165) is 73.4 Å². The average molecular weight is 1210 g/mol. The van der Waals surface area contributed by atoms with Crippen LogP contribution >= 0.6 is 50.5 Å². The molecule has 424 valence electrons. The van der Waals surface area contributed by atoms with Gasteiger partial charge in [0.1, 0.15) is 40.3 Å². The van der Waals surface area contributed by atoms with Gasteiger partial charge in [-0.1, -0.05) is 84.4 Å². The number of halogens is 4. The minimum Gasteiger partial charge on any atom is -0.497 e. The van der Waals surface area contributed by atoms with Crippen molar-refractivity contribution in [2.45, 2.75) is 6.61 Å². The van der Waals surface area contributed by atoms with Crippen LogP contribution in [0.5, 0.6) is 17.2 Å². The number of hydrogen-bond donors (Lipinski definition) is 5. The van der Waals surface area contributed by atoms with Crippen LogP contribution in [0.2, 0.25) is 5.15 Å². The molecule has 0 unspecified atom stereocenters. The molecule has 17 nitrogen and oxygen atoms in total. The number of carbonyl (C=O) groups is 2. The molecule has 22 heteroatoms. The molecule has 0 saturated carbocycles. The van der Waals surface area contributed by atoms with Crippen LogP contribution in [0.25, 0.3) is 66.9 Å². The number of nitrogens with zero attached hydrogens (tertiary/aromatic N) is 5. The summed E-state index contributed by atoms with van der Waals surface area (Å²) < 4.78 is 24.9. The number of aromatic nitrogens is 6. The summed E-state index contributed by atoms with van der Waals surface area (Å²) in [6, 6.07) is 59.2. The predicted octanol–water partition coefficient (Wildman–Crippen LogP) is 14.1. The molecular formula is C61H54Cl4N9O8P. The number of anilines is 2. The molecule has 0 aliphatic carbocycles. The van der Waals surface area contributed by atoms with Crippen molar-refractivity contribution in [2.24, 2.45) is 5.73 Å². The Kier molecular flexibility index (Phi) is 23.9. The van der Waals surface area contributed by atoms with E-state index < -0.39 is 11.1 Å². The fourth-order valence-electron chi connectivity index (χ4n) is 7.44. The Bertz CT molecular complexity index is 4020. The Morgan fingerprint density at radius 1 is 0.590 bits per heavy atom. The predicted molar refractivity (Wildman–Crippen MR) is 334 cm³/mol. The number of para-hydroxylation sites is 4. The van der Waals surface area contributed by atoms with Gasteiger partial charge < -0.3 is 41.1 Å². The minimum atomic E-state index is -3.22. The van der Waals surface area contributed by atoms with E-state index >= 15 is 0 Å². The highest BCUT2D eigenvalue weighted by atomic mass is 36.0. The van der Waals surface area contributed by atoms with Crippen molar-refractivity contribution in [1.29, 1.82) is 0 Å². The smallest absolute Gasteiger partial charge is 0.339 e. The molecule has 7 N–H and O–H groups in total. The number of nitrogen functional groups attached to an aromatic ring is 1. The number of carbonyl (C=O) groups excluding carboxylic acids is 2. The number of aldehydes is 1. The number of fused-ring (bicyclic) bond motifs is 3. The summed E-state index contributed by atoms with van der Waals surface area (Å²) in [6.07, 6.45) is 0.779. The van der Waals surface area contributed by atoms with E-state index in [4.69, 9.17) is 42.4 Å². The molecule has 0 bridgehead atoms. The van der Waals surface area contributed by atoms with Gasteiger partial charge in [-0.05, 0) is 161 Å². The van der Waals surface area contributed by atoms with Gasteiger partial charge in [0.15, 0.2) is 11.6 Å². The molecule has 0 saturated heterocycles. The third kappa shape index (κ3) is 19.1. The Balaban J connectivity index is 0.000000167. The number of amides is 1. The van der Waals surface area contributed by atoms with Gasteiger partial charge in [-0.3, -0.25) is 18.9 Å². The number of ether oxygens (including phenoxy) is 3. The normalized spacial score (nSPS) is 10.3. The first kappa shape index (κ1) is 63.3. The third-order valence-electron chi connectivity index (χ3n) is 11.6. The van der Waals surface area contributed by atoms with Gasteiger partial charge in [-0.25, -0.2) is 24.9 Å². The lowest BCUT2D eigenvalue weighted by atomic mass is 10.1. The highest BCUT2D eigenvalue weighted by Gasteiger charge is 2.11. The first-order chi connectivity index (χ1) is 39.9. The van der Waals surface area contributed by atoms with Gasteiger partial charge in [0.05, 0.1) is 55.4 Å². The summed E-state index contributed by atoms with van der Waals surface area (Å²) in [6.45, 7) is 0.0269. The highest BCUT2D eigenvalue weighted by Crippen LogP contribution is 2.61. The molecule has 8 aromatic carbocycles. The summed E-state index contributed by atoms with van der Waals surface area (Å²) in [5, 5.41) is 11.5. The Morgan fingerprint density at radius 2 is 1.01 bits per heavy atom. The number of aromatic amines is 1. The Morgan fingerprint density at radius 3 is 1.46 bits per heavy atom. The van der Waals surface area contributed by atoms with Crippen molar-refractivity contribution < 1.29 is 33.5 Å². The number of nitrogens with two attached hydrogens (primary N) is 2. The summed E-state index contributed by atoms with van der Waals surface area (Å²) in [7, 11) is 6.77. The second kappa shape index (κ2) is 31.3. The topological polar surface area (TPSA) is 261 Å². The number of hydrogen-bond acceptors (Lipinski definition) is 15. The van der Waals surface area contributed by atoms with Crippen LogP contribution < -0.4 is 36.6 Å². The van der Waals surface area contributed by atoms with Crippen LogP contribution in [-0.4, -0.2) is 75.6 Å². The van der Waals surface area contributed by atoms with Gasteiger partial charge in [-0.2, -0.15) is 0 Å². The zero-order chi connectivity index (χ0) is 59.9. The van der Waals surface area contributed by atoms with Crippen LogP contribution in [0.3, 0.4) is 0 Å². The summed E-state index contributed by atoms with van der Waals surface area (Å²) in [5.41, 5.74) is 17.7. The first-order valence-corrected chi connectivity index (χ1v) is 29.5. The van der Waals surface area contributed by atoms with Crippen LogP contribution in [0.1, 0.15) is 26.3 Å². The lowest BCUT2D eigenvalue weighted by molar-refractivity contribution is 0.100. The van der Waals surface area contributed by atoms with Crippen LogP contribution in [0, 0.1) is 0 Å². The van der Waals surface area contributed by atoms with Gasteiger partial charge in [0.2, 0.25) is 0 Å². The molecule has 11 aromatic rings. The number of benzene rings is 8. The molecule has 1 amide bonds. The van der Waals surface area contributed by atoms with E-state index in [1.807, 2.05) is 147 Å². The standard InChI is InChI=1S/C16H15N3O.C15H11ClN2O.C15H12N2O2.C8H8O2.C7H8N2O.Cl3OP/c1-17-16-13-5-3-4-6-14(13)18-15(19-16)11-7-9-12(20-2)10-8-11;1-19-11-8-6-10(7-9-11)15-17-13-5-3-2-4-12(13)14(16)18-15;1-19-11-8-6-10(7-9-11)14-16-13-5-3-2-4-12(13)15(18)17-14;9-5-7-1-2-8(6-10)4-3-7;8-6-4-2-1-3-5(6)7(9)10;1-5(2,3)4/h3-10H,1-2H3,(H,17,18,19);2-9H,1H3;2-9H,1H3,(H,16,17,18);1-5,10H,6H2;1-4H,8H2,(H2,9,10);. The number of rotatable bonds is 10. The number of nitrogens with one attached hydrogen (secondary N) is 2. The van der Waals surface area contributed by atoms with Gasteiger partial charge in [-0.15, -0.1) is 0 Å². The zero-order valence-electron chi connectivity index (χ0n) is 44.9. The molecular weight excluding hydrogens is 1160 g/mol. The Labute approximate surface area is 497 Å². The average Bonchev–Trinajstić information content (AvgIpc) is 3.71. The van der Waals surface area contributed by atoms with Gasteiger partial charge >= 0.3 is 5.20 Å². The maximum Gasteiger partial charge on any atom is 0.339 e. The summed E-state index contributed by atoms with van der Waals surface area (Å²) in [4.78, 5) is 58.0. The highest BCUT2D eigenvalue weighted by molar-refractivity contribution is 8.24. The number of aliphatic hydroxyl groups is 1. The molecule has 0 aliphatic rings. The summed E-state index contributed by atoms with van der Waals surface area (Å²) in [5.74, 6) is 4.62. The molecule has 0 atom stereocenters. The fraction of sp³-hybridized carbons (Fsp3) is 0.0820. The molecule has 11 rings (SSSR count). The Hall–Kier alpha value is -8.93. The van der Waals surface area contributed by atoms with Crippen LogP contribution in [-0.2, 0) is 11.2 Å². The van der Waals surface area contributed by atoms with E-state index in [1.54, 1.807) is 75.9 Å². The van der Waals surface area contributed by atoms with Gasteiger partial charge in [0.25, 0.3) is 11.5 Å². The molecule has 0 aliphatic heterocycles. The SMILES string of the molecule is CNc1nc(-c2ccc(OC)cc2)nc2ccccc12.COc1ccc(-c2nc(Cl)c3ccccc3n2)cc1.COc1ccc(-c2nc3ccccc3c(=O)[nH]2)cc1.NC(=O)c1ccccc1N.O=Cc1ccc(CO)cc1.O=P(Cl)(Cl)Cl. The number of methoxy groups -OCH3 is 3. The minimum absolute atomic E-state index is 0.0269. The van der Waals surface area contributed by atoms with Crippen molar-refractivity contribution in [3.63, 3.8) is 0 Å². The summed E-state index contributed by atoms with van der Waals surface area (Å²) >= 11 is 20.0. The maximum absolute atomic E-state index is 12.0. The lowest BCUT2D eigenvalue weighted by Gasteiger charge is -2.08. The van der Waals surface area contributed by atoms with Crippen molar-refractivity contribution in [1.82, 2.24) is 29.9 Å². The molecule has 0 fully saturated rings. The molecule has 3 heterocycles. The van der Waals surface area contributed by atoms with E-state index in [9.17, 15) is 18.9 Å². The molecule has 0 spiro atoms. The molecule has 0 radical (unpaired) electrons. The van der Waals surface area contributed by atoms with Gasteiger partial charge in [0, 0.05) is 45.8 Å². The second-order valence-electron chi connectivity index (χ2n) is 17.0. The van der Waals surface area contributed by atoms with E-state index in [0.29, 0.717) is 50.3 Å². The quantitative estimate of drug-likeness (QED) is 0.0369. The van der Waals surface area contributed by atoms with E-state index in [1.165, 1.54) is 0 Å². The van der Waals surface area contributed by atoms with Crippen LogP contribution in [0.4, 0.5) is 11.5 Å². The molecule has 83 heavy (non-hydrogen) atoms. The largest absolute Gasteiger partial charge is 0.497 e. The number of aliphatic hydroxyl groups excluding tert-OH is 1. The number of H-pyrrole nitrogens is 1. The van der Waals surface area contributed by atoms with Crippen molar-refractivity contribution in [2.75, 3.05) is 39.4 Å². The maximum atomic E-state index is 12.0. The monoisotopic (exact) mass is 1210 g/mol. The third-order valence-corrected chi connectivity index (χ3v) is 11.9. The van der Waals surface area contributed by atoms with Crippen molar-refractivity contribution in [3.8, 4) is 51.4 Å². The van der Waals surface area contributed by atoms with Crippen LogP contribution in [0.15, 0.2) is 199 Å². The molecule has 3 aromatic heterocycles. The first-order valence-electron chi connectivity index (χ1n) is 24.7. The zero-order valence-corrected chi connectivity index (χ0v) is 48.8. The van der Waals surface area contributed by atoms with Crippen molar-refractivity contribution >= 4 is 107 Å². The second-order valence-corrected chi connectivity index (χ2v) is 24.0. The van der Waals surface area contributed by atoms with Crippen molar-refractivity contribution in [3.05, 3.63) is 226 Å². The number of primary amides is 1. The van der Waals surface area contributed by atoms with E-state index in [-0.39, 0.29) is 12.2 Å². The fourth-order valence-corrected chi connectivity index (χ4v) is 7.68. The van der Waals surface area contributed by atoms with E-state index in [2.05, 4.69) is 68.9 Å².